The predicted octanol–water partition coefficient (Wildman–Crippen LogP) is 4.81. The molecule has 0 fully saturated rings. The van der Waals surface area contributed by atoms with Crippen molar-refractivity contribution in [2.45, 2.75) is 24.1 Å². The maximum Gasteiger partial charge on any atom is 0.424 e. The van der Waals surface area contributed by atoms with Crippen molar-refractivity contribution < 1.29 is 37.0 Å². The molecule has 1 aliphatic heterocycles. The van der Waals surface area contributed by atoms with Crippen molar-refractivity contribution in [1.29, 1.82) is 0 Å². The second kappa shape index (κ2) is 11.2. The number of fused-ring (bicyclic) bond motifs is 2. The molecule has 0 bridgehead atoms. The zero-order valence-electron chi connectivity index (χ0n) is 24.1. The normalized spacial score (nSPS) is 17.2. The van der Waals surface area contributed by atoms with Gasteiger partial charge in [0.05, 0.1) is 17.8 Å². The number of hydrogen-bond acceptors (Lipinski definition) is 7. The van der Waals surface area contributed by atoms with Crippen LogP contribution in [-0.4, -0.2) is 51.2 Å². The van der Waals surface area contributed by atoms with Gasteiger partial charge in [-0.2, -0.15) is 13.2 Å². The van der Waals surface area contributed by atoms with Gasteiger partial charge in [0, 0.05) is 46.2 Å². The predicted molar refractivity (Wildman–Crippen MR) is 159 cm³/mol. The Bertz CT molecular complexity index is 1990. The molecule has 0 saturated carbocycles. The largest absolute Gasteiger partial charge is 0.489 e. The lowest BCUT2D eigenvalue weighted by atomic mass is 9.81. The van der Waals surface area contributed by atoms with E-state index < -0.39 is 47.1 Å². The molecule has 0 unspecified atom stereocenters. The van der Waals surface area contributed by atoms with Gasteiger partial charge in [0.25, 0.3) is 5.91 Å². The average Bonchev–Trinajstić information content (AvgIpc) is 3.40. The van der Waals surface area contributed by atoms with E-state index >= 15 is 0 Å². The second-order valence-electron chi connectivity index (χ2n) is 11.1. The highest BCUT2D eigenvalue weighted by atomic mass is 19.4. The van der Waals surface area contributed by atoms with Gasteiger partial charge in [0.1, 0.15) is 29.3 Å². The summed E-state index contributed by atoms with van der Waals surface area (Å²) in [6.45, 7) is -0.245. The highest BCUT2D eigenvalue weighted by Gasteiger charge is 2.57. The van der Waals surface area contributed by atoms with E-state index in [0.29, 0.717) is 22.0 Å². The van der Waals surface area contributed by atoms with E-state index in [-0.39, 0.29) is 34.7 Å². The third-order valence-electron chi connectivity index (χ3n) is 8.09. The van der Waals surface area contributed by atoms with Crippen LogP contribution in [-0.2, 0) is 15.8 Å². The van der Waals surface area contributed by atoms with Crippen LogP contribution in [0.5, 0.6) is 5.75 Å². The van der Waals surface area contributed by atoms with Gasteiger partial charge in [0.2, 0.25) is 11.5 Å². The molecule has 9 nitrogen and oxygen atoms in total. The molecule has 0 aliphatic carbocycles. The fourth-order valence-corrected chi connectivity index (χ4v) is 5.32. The number of aromatic nitrogens is 3. The van der Waals surface area contributed by atoms with Crippen molar-refractivity contribution in [2.75, 3.05) is 13.2 Å². The van der Waals surface area contributed by atoms with Crippen LogP contribution in [0, 0.1) is 5.82 Å². The van der Waals surface area contributed by atoms with Gasteiger partial charge >= 0.3 is 6.18 Å². The van der Waals surface area contributed by atoms with E-state index in [0.717, 1.165) is 18.2 Å². The second-order valence-corrected chi connectivity index (χ2v) is 11.1. The average molecular weight is 632 g/mol. The molecule has 3 aromatic heterocycles. The Labute approximate surface area is 259 Å². The summed E-state index contributed by atoms with van der Waals surface area (Å²) in [7, 11) is 0. The Morgan fingerprint density at radius 3 is 2.41 bits per heavy atom. The van der Waals surface area contributed by atoms with E-state index in [1.54, 1.807) is 42.9 Å². The minimum atomic E-state index is -5.36. The van der Waals surface area contributed by atoms with Gasteiger partial charge in [-0.05, 0) is 73.2 Å². The molecular formula is C33H25F4N5O4. The van der Waals surface area contributed by atoms with Crippen LogP contribution in [0.1, 0.15) is 28.5 Å². The van der Waals surface area contributed by atoms with Crippen molar-refractivity contribution in [3.05, 3.63) is 108 Å². The SMILES string of the molecule is C[C@]1(C(N)=O)COc2c1cc([C@@](O)(CNC(=O)c1cc(-c3ccncc3)c3ncccc3c1)C(F)(F)F)nc2-c1ccc(F)cc1. The molecule has 46 heavy (non-hydrogen) atoms. The number of nitrogens with one attached hydrogen (secondary N) is 1. The number of halogens is 4. The lowest BCUT2D eigenvalue weighted by molar-refractivity contribution is -0.265. The number of nitrogens with zero attached hydrogens (tertiary/aromatic N) is 3. The van der Waals surface area contributed by atoms with E-state index in [2.05, 4.69) is 20.3 Å². The molecule has 2 amide bonds. The van der Waals surface area contributed by atoms with Crippen molar-refractivity contribution in [3.63, 3.8) is 0 Å². The van der Waals surface area contributed by atoms with Crippen molar-refractivity contribution in [3.8, 4) is 28.1 Å². The van der Waals surface area contributed by atoms with Crippen LogP contribution in [0.25, 0.3) is 33.3 Å². The van der Waals surface area contributed by atoms with Gasteiger partial charge < -0.3 is 20.9 Å². The number of alkyl halides is 3. The Morgan fingerprint density at radius 2 is 1.74 bits per heavy atom. The molecule has 1 aliphatic rings. The Hall–Kier alpha value is -5.43. The minimum Gasteiger partial charge on any atom is -0.489 e. The maximum absolute atomic E-state index is 14.8. The zero-order chi connectivity index (χ0) is 32.9. The van der Waals surface area contributed by atoms with Crippen molar-refractivity contribution >= 4 is 22.7 Å². The van der Waals surface area contributed by atoms with Crippen LogP contribution < -0.4 is 15.8 Å². The van der Waals surface area contributed by atoms with E-state index in [4.69, 9.17) is 10.5 Å². The lowest BCUT2D eigenvalue weighted by Crippen LogP contribution is -2.51. The van der Waals surface area contributed by atoms with Crippen LogP contribution >= 0.6 is 0 Å². The number of pyridine rings is 3. The molecule has 4 heterocycles. The van der Waals surface area contributed by atoms with Gasteiger partial charge in [-0.3, -0.25) is 19.6 Å². The molecule has 2 atom stereocenters. The van der Waals surface area contributed by atoms with Crippen LogP contribution in [0.2, 0.25) is 0 Å². The Balaban J connectivity index is 1.42. The molecule has 0 saturated heterocycles. The fraction of sp³-hybridized carbons (Fsp3) is 0.182. The summed E-state index contributed by atoms with van der Waals surface area (Å²) in [6.07, 6.45) is -0.676. The molecule has 0 radical (unpaired) electrons. The third-order valence-corrected chi connectivity index (χ3v) is 8.09. The lowest BCUT2D eigenvalue weighted by Gasteiger charge is -2.31. The molecule has 4 N–H and O–H groups in total. The summed E-state index contributed by atoms with van der Waals surface area (Å²) in [5.74, 6) is -2.42. The van der Waals surface area contributed by atoms with Crippen LogP contribution in [0.3, 0.4) is 0 Å². The smallest absolute Gasteiger partial charge is 0.424 e. The number of hydrogen-bond donors (Lipinski definition) is 3. The monoisotopic (exact) mass is 631 g/mol. The summed E-state index contributed by atoms with van der Waals surface area (Å²) in [5, 5.41) is 14.1. The number of benzene rings is 2. The number of nitrogens with two attached hydrogens (primary N) is 1. The Morgan fingerprint density at radius 1 is 1.02 bits per heavy atom. The molecule has 0 spiro atoms. The number of ether oxygens (including phenoxy) is 1. The number of aliphatic hydroxyl groups is 1. The first-order chi connectivity index (χ1) is 21.8. The first-order valence-corrected chi connectivity index (χ1v) is 13.9. The standard InChI is InChI=1S/C33H25F4N5O4/c1-31(30(38)44)17-46-28-24(31)15-25(42-27(28)19-4-6-22(34)7-5-19)32(45,33(35,36)37)16-41-29(43)21-13-20-3-2-10-40-26(20)23(14-21)18-8-11-39-12-9-18/h2-15,45H,16-17H2,1H3,(H2,38,44)(H,41,43)/t31-,32-/m0/s1. The van der Waals surface area contributed by atoms with Gasteiger partial charge in [-0.15, -0.1) is 0 Å². The van der Waals surface area contributed by atoms with Crippen LogP contribution in [0.15, 0.2) is 85.3 Å². The highest BCUT2D eigenvalue weighted by Crippen LogP contribution is 2.47. The molecule has 2 aromatic carbocycles. The summed E-state index contributed by atoms with van der Waals surface area (Å²) in [4.78, 5) is 38.4. The van der Waals surface area contributed by atoms with E-state index in [1.807, 2.05) is 0 Å². The minimum absolute atomic E-state index is 0.0143. The van der Waals surface area contributed by atoms with Crippen LogP contribution in [0.4, 0.5) is 17.6 Å². The quantitative estimate of drug-likeness (QED) is 0.219. The number of primary amides is 1. The molecule has 5 aromatic rings. The number of amides is 2. The van der Waals surface area contributed by atoms with Crippen molar-refractivity contribution in [2.24, 2.45) is 5.73 Å². The van der Waals surface area contributed by atoms with Gasteiger partial charge in [-0.1, -0.05) is 6.07 Å². The zero-order valence-corrected chi connectivity index (χ0v) is 24.1. The topological polar surface area (TPSA) is 140 Å². The first-order valence-electron chi connectivity index (χ1n) is 13.9. The molecular weight excluding hydrogens is 606 g/mol. The van der Waals surface area contributed by atoms with Crippen molar-refractivity contribution in [1.82, 2.24) is 20.3 Å². The number of rotatable bonds is 7. The molecule has 234 valence electrons. The fourth-order valence-electron chi connectivity index (χ4n) is 5.32. The molecule has 13 heteroatoms. The van der Waals surface area contributed by atoms with E-state index in [9.17, 15) is 32.3 Å². The summed E-state index contributed by atoms with van der Waals surface area (Å²) < 4.78 is 63.8. The highest BCUT2D eigenvalue weighted by molar-refractivity contribution is 6.03. The number of carbonyl (C=O) groups is 2. The van der Waals surface area contributed by atoms with Gasteiger partial charge in [0.15, 0.2) is 0 Å². The molecule has 6 rings (SSSR count). The van der Waals surface area contributed by atoms with E-state index in [1.165, 1.54) is 31.2 Å². The summed E-state index contributed by atoms with van der Waals surface area (Å²) >= 11 is 0. The maximum atomic E-state index is 14.8. The summed E-state index contributed by atoms with van der Waals surface area (Å²) in [6, 6.07) is 15.3. The summed E-state index contributed by atoms with van der Waals surface area (Å²) in [5.41, 5.74) is 1.15. The first kappa shape index (κ1) is 30.6. The van der Waals surface area contributed by atoms with Gasteiger partial charge in [-0.25, -0.2) is 9.37 Å². The Kier molecular flexibility index (Phi) is 7.43. The number of carbonyl (C=O) groups excluding carboxylic acids is 2. The third kappa shape index (κ3) is 5.17.